The van der Waals surface area contributed by atoms with Crippen LogP contribution in [0.4, 0.5) is 0 Å². The van der Waals surface area contributed by atoms with Gasteiger partial charge in [0.05, 0.1) is 0 Å². The zero-order chi connectivity index (χ0) is 18.2. The highest BCUT2D eigenvalue weighted by Gasteiger charge is 2.34. The Hall–Kier alpha value is -1.35. The van der Waals surface area contributed by atoms with Gasteiger partial charge in [0, 0.05) is 30.7 Å². The standard InChI is InChI=1S/C23H36N2O/c1-2-3-4-5-6-7-8-9-10-19-11-13-20(14-12-19)23(26)25-17-21-15-16-22(18-25)24-21/h11-14,21-22,24H,2-10,15-18H2,1H3. The molecule has 2 aliphatic rings. The predicted octanol–water partition coefficient (Wildman–Crippen LogP) is 4.95. The SMILES string of the molecule is CCCCCCCCCCc1ccc(C(=O)N2CC3CCC(C2)N3)cc1. The maximum Gasteiger partial charge on any atom is 0.253 e. The topological polar surface area (TPSA) is 32.3 Å². The van der Waals surface area contributed by atoms with Crippen LogP contribution < -0.4 is 5.32 Å². The van der Waals surface area contributed by atoms with Crippen molar-refractivity contribution >= 4 is 5.91 Å². The molecule has 1 amide bonds. The molecule has 2 fully saturated rings. The second-order valence-corrected chi connectivity index (χ2v) is 8.27. The van der Waals surface area contributed by atoms with Gasteiger partial charge in [-0.1, -0.05) is 64.0 Å². The number of aryl methyl sites for hydroxylation is 1. The number of carbonyl (C=O) groups is 1. The molecule has 0 aromatic heterocycles. The lowest BCUT2D eigenvalue weighted by Crippen LogP contribution is -2.53. The zero-order valence-corrected chi connectivity index (χ0v) is 16.5. The van der Waals surface area contributed by atoms with Gasteiger partial charge in [-0.25, -0.2) is 0 Å². The van der Waals surface area contributed by atoms with Gasteiger partial charge in [0.1, 0.15) is 0 Å². The molecular formula is C23H36N2O. The molecule has 0 aliphatic carbocycles. The van der Waals surface area contributed by atoms with E-state index in [0.29, 0.717) is 12.1 Å². The molecule has 1 aromatic carbocycles. The van der Waals surface area contributed by atoms with E-state index in [1.165, 1.54) is 69.8 Å². The third kappa shape index (κ3) is 5.57. The summed E-state index contributed by atoms with van der Waals surface area (Å²) in [6.45, 7) is 4.01. The highest BCUT2D eigenvalue weighted by atomic mass is 16.2. The number of nitrogens with one attached hydrogen (secondary N) is 1. The first-order valence-electron chi connectivity index (χ1n) is 10.9. The van der Waals surface area contributed by atoms with Crippen LogP contribution in [0, 0.1) is 0 Å². The molecule has 1 aromatic rings. The third-order valence-electron chi connectivity index (χ3n) is 6.02. The highest BCUT2D eigenvalue weighted by molar-refractivity contribution is 5.94. The lowest BCUT2D eigenvalue weighted by molar-refractivity contribution is 0.0697. The van der Waals surface area contributed by atoms with Crippen molar-refractivity contribution in [2.45, 2.75) is 89.6 Å². The van der Waals surface area contributed by atoms with Crippen molar-refractivity contribution in [3.05, 3.63) is 35.4 Å². The van der Waals surface area contributed by atoms with Crippen molar-refractivity contribution < 1.29 is 4.79 Å². The summed E-state index contributed by atoms with van der Waals surface area (Å²) in [6, 6.07) is 9.41. The molecule has 2 heterocycles. The number of piperazine rings is 1. The average molecular weight is 357 g/mol. The number of hydrogen-bond acceptors (Lipinski definition) is 2. The fourth-order valence-electron chi connectivity index (χ4n) is 4.42. The number of amides is 1. The molecule has 1 N–H and O–H groups in total. The van der Waals surface area contributed by atoms with Crippen LogP contribution in [0.1, 0.15) is 87.1 Å². The van der Waals surface area contributed by atoms with Crippen LogP contribution in [0.3, 0.4) is 0 Å². The van der Waals surface area contributed by atoms with E-state index in [-0.39, 0.29) is 5.91 Å². The summed E-state index contributed by atoms with van der Waals surface area (Å²) in [5, 5.41) is 3.59. The van der Waals surface area contributed by atoms with Gasteiger partial charge in [-0.2, -0.15) is 0 Å². The summed E-state index contributed by atoms with van der Waals surface area (Å²) in [5.74, 6) is 0.210. The Labute approximate surface area is 159 Å². The predicted molar refractivity (Wildman–Crippen MR) is 109 cm³/mol. The first kappa shape index (κ1) is 19.4. The maximum atomic E-state index is 12.7. The van der Waals surface area contributed by atoms with Crippen LogP contribution in [0.25, 0.3) is 0 Å². The molecule has 2 unspecified atom stereocenters. The van der Waals surface area contributed by atoms with E-state index < -0.39 is 0 Å². The Morgan fingerprint density at radius 2 is 1.50 bits per heavy atom. The minimum atomic E-state index is 0.210. The van der Waals surface area contributed by atoms with Crippen molar-refractivity contribution in [3.8, 4) is 0 Å². The molecule has 2 saturated heterocycles. The van der Waals surface area contributed by atoms with Gasteiger partial charge in [-0.15, -0.1) is 0 Å². The van der Waals surface area contributed by atoms with Crippen LogP contribution in [-0.2, 0) is 6.42 Å². The smallest absolute Gasteiger partial charge is 0.253 e. The fraction of sp³-hybridized carbons (Fsp3) is 0.696. The monoisotopic (exact) mass is 356 g/mol. The number of likely N-dealkylation sites (tertiary alicyclic amines) is 1. The molecule has 2 bridgehead atoms. The second-order valence-electron chi connectivity index (χ2n) is 8.27. The van der Waals surface area contributed by atoms with Crippen molar-refractivity contribution in [2.75, 3.05) is 13.1 Å². The van der Waals surface area contributed by atoms with Gasteiger partial charge in [0.15, 0.2) is 0 Å². The molecule has 2 aliphatic heterocycles. The van der Waals surface area contributed by atoms with Crippen LogP contribution in [0.15, 0.2) is 24.3 Å². The minimum Gasteiger partial charge on any atom is -0.336 e. The van der Waals surface area contributed by atoms with Crippen molar-refractivity contribution in [1.29, 1.82) is 0 Å². The number of nitrogens with zero attached hydrogens (tertiary/aromatic N) is 1. The zero-order valence-electron chi connectivity index (χ0n) is 16.5. The van der Waals surface area contributed by atoms with Gasteiger partial charge in [-0.3, -0.25) is 4.79 Å². The number of benzene rings is 1. The molecule has 144 valence electrons. The first-order valence-corrected chi connectivity index (χ1v) is 10.9. The summed E-state index contributed by atoms with van der Waals surface area (Å²) >= 11 is 0. The van der Waals surface area contributed by atoms with Gasteiger partial charge in [-0.05, 0) is 43.4 Å². The van der Waals surface area contributed by atoms with Gasteiger partial charge in [0.2, 0.25) is 0 Å². The number of fused-ring (bicyclic) bond motifs is 2. The van der Waals surface area contributed by atoms with E-state index >= 15 is 0 Å². The Bertz CT molecular complexity index is 542. The Balaban J connectivity index is 1.36. The fourth-order valence-corrected chi connectivity index (χ4v) is 4.42. The van der Waals surface area contributed by atoms with Gasteiger partial charge >= 0.3 is 0 Å². The lowest BCUT2D eigenvalue weighted by atomic mass is 10.0. The van der Waals surface area contributed by atoms with E-state index in [4.69, 9.17) is 0 Å². The molecule has 3 nitrogen and oxygen atoms in total. The molecule has 3 heteroatoms. The summed E-state index contributed by atoms with van der Waals surface area (Å²) in [5.41, 5.74) is 2.22. The van der Waals surface area contributed by atoms with E-state index in [2.05, 4.69) is 24.4 Å². The number of unbranched alkanes of at least 4 members (excludes halogenated alkanes) is 7. The first-order chi connectivity index (χ1) is 12.8. The highest BCUT2D eigenvalue weighted by Crippen LogP contribution is 2.22. The number of rotatable bonds is 10. The lowest BCUT2D eigenvalue weighted by Gasteiger charge is -2.33. The molecule has 2 atom stereocenters. The van der Waals surface area contributed by atoms with E-state index in [1.54, 1.807) is 0 Å². The molecule has 26 heavy (non-hydrogen) atoms. The van der Waals surface area contributed by atoms with Crippen molar-refractivity contribution in [3.63, 3.8) is 0 Å². The Kier molecular flexibility index (Phi) is 7.55. The van der Waals surface area contributed by atoms with Crippen molar-refractivity contribution in [1.82, 2.24) is 10.2 Å². The third-order valence-corrected chi connectivity index (χ3v) is 6.02. The Morgan fingerprint density at radius 1 is 0.923 bits per heavy atom. The van der Waals surface area contributed by atoms with Crippen molar-refractivity contribution in [2.24, 2.45) is 0 Å². The van der Waals surface area contributed by atoms with Crippen LogP contribution in [-0.4, -0.2) is 36.0 Å². The molecule has 0 saturated carbocycles. The normalized spacial score (nSPS) is 22.0. The van der Waals surface area contributed by atoms with E-state index in [1.807, 2.05) is 17.0 Å². The van der Waals surface area contributed by atoms with Gasteiger partial charge < -0.3 is 10.2 Å². The summed E-state index contributed by atoms with van der Waals surface area (Å²) in [4.78, 5) is 14.8. The van der Waals surface area contributed by atoms with E-state index in [0.717, 1.165) is 25.1 Å². The number of hydrogen-bond donors (Lipinski definition) is 1. The van der Waals surface area contributed by atoms with Crippen LogP contribution in [0.5, 0.6) is 0 Å². The summed E-state index contributed by atoms with van der Waals surface area (Å²) in [6.07, 6.45) is 14.4. The van der Waals surface area contributed by atoms with Crippen LogP contribution >= 0.6 is 0 Å². The van der Waals surface area contributed by atoms with Crippen LogP contribution in [0.2, 0.25) is 0 Å². The van der Waals surface area contributed by atoms with E-state index in [9.17, 15) is 4.79 Å². The largest absolute Gasteiger partial charge is 0.336 e. The molecule has 0 spiro atoms. The van der Waals surface area contributed by atoms with Gasteiger partial charge in [0.25, 0.3) is 5.91 Å². The Morgan fingerprint density at radius 3 is 2.12 bits per heavy atom. The second kappa shape index (κ2) is 10.1. The minimum absolute atomic E-state index is 0.210. The molecule has 0 radical (unpaired) electrons. The molecule has 3 rings (SSSR count). The summed E-state index contributed by atoms with van der Waals surface area (Å²) in [7, 11) is 0. The quantitative estimate of drug-likeness (QED) is 0.602. The average Bonchev–Trinajstić information content (AvgIpc) is 3.01. The number of carbonyl (C=O) groups excluding carboxylic acids is 1. The maximum absolute atomic E-state index is 12.7. The molecular weight excluding hydrogens is 320 g/mol. The summed E-state index contributed by atoms with van der Waals surface area (Å²) < 4.78 is 0.